The van der Waals surface area contributed by atoms with E-state index in [9.17, 15) is 22.4 Å². The lowest BCUT2D eigenvalue weighted by Gasteiger charge is -2.12. The summed E-state index contributed by atoms with van der Waals surface area (Å²) in [5, 5.41) is 0. The van der Waals surface area contributed by atoms with Gasteiger partial charge in [0.15, 0.2) is 11.5 Å². The SMILES string of the molecule is COc1cc(C=O)ccc1Oc1c(F)c(F)nc(F)c1F. The molecule has 0 aliphatic carbocycles. The van der Waals surface area contributed by atoms with Gasteiger partial charge in [0.1, 0.15) is 6.29 Å². The fourth-order valence-electron chi connectivity index (χ4n) is 1.51. The molecule has 110 valence electrons. The molecule has 0 unspecified atom stereocenters. The lowest BCUT2D eigenvalue weighted by Crippen LogP contribution is -2.04. The van der Waals surface area contributed by atoms with Gasteiger partial charge >= 0.3 is 0 Å². The van der Waals surface area contributed by atoms with Crippen LogP contribution in [0.5, 0.6) is 17.2 Å². The summed E-state index contributed by atoms with van der Waals surface area (Å²) in [4.78, 5) is 13.0. The van der Waals surface area contributed by atoms with Crippen LogP contribution >= 0.6 is 0 Å². The summed E-state index contributed by atoms with van der Waals surface area (Å²) in [7, 11) is 1.22. The van der Waals surface area contributed by atoms with Crippen molar-refractivity contribution in [2.24, 2.45) is 0 Å². The van der Waals surface area contributed by atoms with Crippen molar-refractivity contribution in [3.05, 3.63) is 47.3 Å². The van der Waals surface area contributed by atoms with E-state index >= 15 is 0 Å². The average Bonchev–Trinajstić information content (AvgIpc) is 2.49. The van der Waals surface area contributed by atoms with Crippen LogP contribution in [0.2, 0.25) is 0 Å². The van der Waals surface area contributed by atoms with Crippen molar-refractivity contribution in [3.8, 4) is 17.2 Å². The normalized spacial score (nSPS) is 10.3. The Kier molecular flexibility index (Phi) is 4.06. The summed E-state index contributed by atoms with van der Waals surface area (Å²) in [6, 6.07) is 3.66. The Morgan fingerprint density at radius 2 is 1.67 bits per heavy atom. The highest BCUT2D eigenvalue weighted by Crippen LogP contribution is 2.35. The molecule has 0 saturated heterocycles. The van der Waals surface area contributed by atoms with Gasteiger partial charge in [0, 0.05) is 5.56 Å². The molecular formula is C13H7F4NO3. The van der Waals surface area contributed by atoms with Crippen molar-refractivity contribution in [2.45, 2.75) is 0 Å². The van der Waals surface area contributed by atoms with Crippen LogP contribution in [0.15, 0.2) is 18.2 Å². The number of halogens is 4. The summed E-state index contributed by atoms with van der Waals surface area (Å²) in [5.74, 6) is -8.82. The first-order valence-corrected chi connectivity index (χ1v) is 5.49. The van der Waals surface area contributed by atoms with Gasteiger partial charge in [-0.25, -0.2) is 0 Å². The molecule has 0 radical (unpaired) electrons. The fraction of sp³-hybridized carbons (Fsp3) is 0.0769. The molecule has 0 amide bonds. The Balaban J connectivity index is 2.50. The van der Waals surface area contributed by atoms with Crippen LogP contribution in [0.1, 0.15) is 10.4 Å². The third-order valence-corrected chi connectivity index (χ3v) is 2.49. The van der Waals surface area contributed by atoms with Crippen molar-refractivity contribution >= 4 is 6.29 Å². The number of pyridine rings is 1. The van der Waals surface area contributed by atoms with Crippen LogP contribution < -0.4 is 9.47 Å². The monoisotopic (exact) mass is 301 g/mol. The number of ether oxygens (including phenoxy) is 2. The highest BCUT2D eigenvalue weighted by molar-refractivity contribution is 5.76. The lowest BCUT2D eigenvalue weighted by atomic mass is 10.2. The van der Waals surface area contributed by atoms with Gasteiger partial charge in [-0.2, -0.15) is 22.5 Å². The van der Waals surface area contributed by atoms with E-state index in [1.165, 1.54) is 19.2 Å². The number of hydrogen-bond acceptors (Lipinski definition) is 4. The second-order valence-electron chi connectivity index (χ2n) is 3.78. The number of benzene rings is 1. The number of nitrogens with zero attached hydrogens (tertiary/aromatic N) is 1. The summed E-state index contributed by atoms with van der Waals surface area (Å²) in [6.07, 6.45) is 0.513. The van der Waals surface area contributed by atoms with Crippen LogP contribution in [0.25, 0.3) is 0 Å². The molecule has 0 fully saturated rings. The zero-order chi connectivity index (χ0) is 15.6. The maximum absolute atomic E-state index is 13.4. The molecule has 8 heteroatoms. The molecule has 2 rings (SSSR count). The van der Waals surface area contributed by atoms with Crippen LogP contribution in [-0.2, 0) is 0 Å². The smallest absolute Gasteiger partial charge is 0.255 e. The zero-order valence-electron chi connectivity index (χ0n) is 10.5. The number of carbonyl (C=O) groups excluding carboxylic acids is 1. The molecular weight excluding hydrogens is 294 g/mol. The van der Waals surface area contributed by atoms with Crippen LogP contribution in [0, 0.1) is 23.5 Å². The van der Waals surface area contributed by atoms with E-state index in [2.05, 4.69) is 4.98 Å². The summed E-state index contributed by atoms with van der Waals surface area (Å²) in [5.41, 5.74) is 0.215. The predicted molar refractivity (Wildman–Crippen MR) is 62.5 cm³/mol. The number of rotatable bonds is 4. The molecule has 0 atom stereocenters. The minimum Gasteiger partial charge on any atom is -0.493 e. The van der Waals surface area contributed by atoms with Crippen molar-refractivity contribution in [1.29, 1.82) is 0 Å². The summed E-state index contributed by atoms with van der Waals surface area (Å²) < 4.78 is 62.5. The number of aldehydes is 1. The number of hydrogen-bond donors (Lipinski definition) is 0. The van der Waals surface area contributed by atoms with Crippen molar-refractivity contribution in [1.82, 2.24) is 4.98 Å². The van der Waals surface area contributed by atoms with E-state index in [1.54, 1.807) is 0 Å². The van der Waals surface area contributed by atoms with Crippen LogP contribution in [0.4, 0.5) is 17.6 Å². The van der Waals surface area contributed by atoms with E-state index in [0.717, 1.165) is 6.07 Å². The first-order chi connectivity index (χ1) is 9.97. The Labute approximate surface area is 115 Å². The van der Waals surface area contributed by atoms with Gasteiger partial charge in [-0.3, -0.25) is 4.79 Å². The topological polar surface area (TPSA) is 48.4 Å². The Morgan fingerprint density at radius 3 is 2.19 bits per heavy atom. The molecule has 0 N–H and O–H groups in total. The maximum atomic E-state index is 13.4. The second kappa shape index (κ2) is 5.78. The van der Waals surface area contributed by atoms with Gasteiger partial charge in [0.25, 0.3) is 11.9 Å². The molecule has 21 heavy (non-hydrogen) atoms. The predicted octanol–water partition coefficient (Wildman–Crippen LogP) is 3.25. The quantitative estimate of drug-likeness (QED) is 0.494. The van der Waals surface area contributed by atoms with E-state index in [4.69, 9.17) is 9.47 Å². The Morgan fingerprint density at radius 1 is 1.05 bits per heavy atom. The second-order valence-corrected chi connectivity index (χ2v) is 3.78. The number of carbonyl (C=O) groups is 1. The molecule has 2 aromatic rings. The highest BCUT2D eigenvalue weighted by Gasteiger charge is 2.23. The fourth-order valence-corrected chi connectivity index (χ4v) is 1.51. The third kappa shape index (κ3) is 2.78. The van der Waals surface area contributed by atoms with Gasteiger partial charge < -0.3 is 9.47 Å². The van der Waals surface area contributed by atoms with E-state index < -0.39 is 29.3 Å². The summed E-state index contributed by atoms with van der Waals surface area (Å²) >= 11 is 0. The Hall–Kier alpha value is -2.64. The summed E-state index contributed by atoms with van der Waals surface area (Å²) in [6.45, 7) is 0. The maximum Gasteiger partial charge on any atom is 0.255 e. The highest BCUT2D eigenvalue weighted by atomic mass is 19.2. The first-order valence-electron chi connectivity index (χ1n) is 5.49. The van der Waals surface area contributed by atoms with Crippen LogP contribution in [-0.4, -0.2) is 18.4 Å². The molecule has 0 saturated carbocycles. The Bertz CT molecular complexity index is 680. The van der Waals surface area contributed by atoms with E-state index in [-0.39, 0.29) is 17.1 Å². The minimum atomic E-state index is -1.84. The number of methoxy groups -OCH3 is 1. The van der Waals surface area contributed by atoms with Crippen molar-refractivity contribution in [3.63, 3.8) is 0 Å². The van der Waals surface area contributed by atoms with Gasteiger partial charge in [-0.1, -0.05) is 0 Å². The minimum absolute atomic E-state index is 0.0453. The lowest BCUT2D eigenvalue weighted by molar-refractivity contribution is 0.112. The molecule has 0 aliphatic heterocycles. The van der Waals surface area contributed by atoms with Gasteiger partial charge in [0.05, 0.1) is 7.11 Å². The van der Waals surface area contributed by atoms with Crippen molar-refractivity contribution < 1.29 is 31.8 Å². The molecule has 1 heterocycles. The van der Waals surface area contributed by atoms with Gasteiger partial charge in [0.2, 0.25) is 17.4 Å². The molecule has 0 spiro atoms. The third-order valence-electron chi connectivity index (χ3n) is 2.49. The van der Waals surface area contributed by atoms with E-state index in [0.29, 0.717) is 6.29 Å². The largest absolute Gasteiger partial charge is 0.493 e. The molecule has 0 bridgehead atoms. The van der Waals surface area contributed by atoms with Crippen molar-refractivity contribution in [2.75, 3.05) is 7.11 Å². The van der Waals surface area contributed by atoms with E-state index in [1.807, 2.05) is 0 Å². The molecule has 4 nitrogen and oxygen atoms in total. The first kappa shape index (κ1) is 14.8. The zero-order valence-corrected chi connectivity index (χ0v) is 10.5. The van der Waals surface area contributed by atoms with Gasteiger partial charge in [-0.15, -0.1) is 0 Å². The average molecular weight is 301 g/mol. The molecule has 0 aliphatic rings. The van der Waals surface area contributed by atoms with Crippen LogP contribution in [0.3, 0.4) is 0 Å². The standard InChI is InChI=1S/C13H7F4NO3/c1-20-8-4-6(5-19)2-3-7(8)21-11-9(14)12(16)18-13(17)10(11)15/h2-5H,1H3. The molecule has 1 aromatic heterocycles. The number of aromatic nitrogens is 1. The molecule has 1 aromatic carbocycles. The van der Waals surface area contributed by atoms with Gasteiger partial charge in [-0.05, 0) is 18.2 Å².